The molecule has 4 N–H and O–H groups in total. The number of methoxy groups -OCH3 is 1. The van der Waals surface area contributed by atoms with E-state index < -0.39 is 44.5 Å². The normalized spacial score (nSPS) is 28.0. The Morgan fingerprint density at radius 2 is 2.30 bits per heavy atom. The van der Waals surface area contributed by atoms with E-state index in [1.807, 2.05) is 0 Å². The third-order valence-electron chi connectivity index (χ3n) is 4.98. The number of rotatable bonds is 6. The average Bonchev–Trinajstić information content (AvgIpc) is 3.39. The van der Waals surface area contributed by atoms with Gasteiger partial charge in [0, 0.05) is 26.6 Å². The van der Waals surface area contributed by atoms with E-state index >= 15 is 0 Å². The highest BCUT2D eigenvalue weighted by atomic mass is 31.2. The van der Waals surface area contributed by atoms with E-state index in [2.05, 4.69) is 15.0 Å². The Kier molecular flexibility index (Phi) is 5.30. The minimum atomic E-state index is -4.45. The highest BCUT2D eigenvalue weighted by Gasteiger charge is 2.50. The van der Waals surface area contributed by atoms with E-state index in [1.165, 1.54) is 19.5 Å². The molecule has 2 unspecified atom stereocenters. The van der Waals surface area contributed by atoms with Gasteiger partial charge in [-0.15, -0.1) is 0 Å². The number of nitrogens with zero attached hydrogens (tertiary/aromatic N) is 5. The number of imidazole rings is 1. The summed E-state index contributed by atoms with van der Waals surface area (Å²) < 4.78 is 29.3. The minimum absolute atomic E-state index is 0.0703. The summed E-state index contributed by atoms with van der Waals surface area (Å²) in [7, 11) is -1.37. The number of anilines is 3. The number of aromatic amines is 1. The van der Waals surface area contributed by atoms with Gasteiger partial charge in [0.2, 0.25) is 13.7 Å². The molecule has 164 valence electrons. The maximum absolute atomic E-state index is 12.2. The Bertz CT molecular complexity index is 1020. The molecule has 2 aliphatic rings. The van der Waals surface area contributed by atoms with E-state index in [4.69, 9.17) is 19.7 Å². The molecule has 0 aromatic carbocycles. The van der Waals surface area contributed by atoms with Gasteiger partial charge >= 0.3 is 0 Å². The van der Waals surface area contributed by atoms with Crippen molar-refractivity contribution in [3.8, 4) is 0 Å². The molecule has 0 aliphatic carbocycles. The average molecular weight is 442 g/mol. The van der Waals surface area contributed by atoms with Gasteiger partial charge in [-0.05, 0) is 0 Å². The van der Waals surface area contributed by atoms with Crippen molar-refractivity contribution in [1.82, 2.24) is 19.3 Å². The Balaban J connectivity index is 1.55. The van der Waals surface area contributed by atoms with Gasteiger partial charge in [-0.3, -0.25) is 18.7 Å². The second-order valence-electron chi connectivity index (χ2n) is 6.90. The fraction of sp³-hybridized carbons (Fsp3) is 0.533. The zero-order chi connectivity index (χ0) is 21.6. The van der Waals surface area contributed by atoms with Crippen LogP contribution in [0.25, 0.3) is 0 Å². The molecule has 2 aliphatic heterocycles. The lowest BCUT2D eigenvalue weighted by Crippen LogP contribution is -2.46. The Morgan fingerprint density at radius 3 is 2.97 bits per heavy atom. The fourth-order valence-electron chi connectivity index (χ4n) is 3.58. The fourth-order valence-corrected chi connectivity index (χ4v) is 4.45. The number of aromatic nitrogens is 4. The number of H-pyrrole nitrogens is 1. The molecule has 2 aromatic rings. The Labute approximate surface area is 170 Å². The molecule has 0 spiro atoms. The molecule has 30 heavy (non-hydrogen) atoms. The number of nitrogens with two attached hydrogens (primary N) is 1. The van der Waals surface area contributed by atoms with Gasteiger partial charge in [-0.1, -0.05) is 0 Å². The quantitative estimate of drug-likeness (QED) is 0.415. The van der Waals surface area contributed by atoms with Gasteiger partial charge in [0.15, 0.2) is 12.0 Å². The predicted molar refractivity (Wildman–Crippen MR) is 102 cm³/mol. The van der Waals surface area contributed by atoms with Crippen LogP contribution in [0.2, 0.25) is 0 Å². The predicted octanol–water partition coefficient (Wildman–Crippen LogP) is -2.10. The monoisotopic (exact) mass is 442 g/mol. The highest BCUT2D eigenvalue weighted by molar-refractivity contribution is 7.49. The largest absolute Gasteiger partial charge is 0.761 e. The summed E-state index contributed by atoms with van der Waals surface area (Å²) in [6, 6.07) is 0. The molecule has 4 heterocycles. The van der Waals surface area contributed by atoms with Crippen LogP contribution in [0.5, 0.6) is 0 Å². The van der Waals surface area contributed by atoms with Crippen LogP contribution in [0.15, 0.2) is 23.5 Å². The Morgan fingerprint density at radius 1 is 1.53 bits per heavy atom. The number of ether oxygens (including phenoxy) is 2. The van der Waals surface area contributed by atoms with Crippen LogP contribution in [-0.4, -0.2) is 76.4 Å². The van der Waals surface area contributed by atoms with E-state index in [0.717, 1.165) is 10.7 Å². The van der Waals surface area contributed by atoms with E-state index in [9.17, 15) is 19.4 Å². The number of nitrogen functional groups attached to an aromatic ring is 1. The molecule has 1 fully saturated rings. The molecule has 15 heteroatoms. The van der Waals surface area contributed by atoms with Crippen molar-refractivity contribution in [2.45, 2.75) is 24.5 Å². The second-order valence-corrected chi connectivity index (χ2v) is 8.55. The SMILES string of the molecule is COC1[C@@H](O)[C@@H](COP(=O)([O-])n2ccnc2)O[C@H]1N1CN(C)c2c1nc(N)[nH]c2=O. The molecule has 0 amide bonds. The Hall–Kier alpha value is -2.48. The van der Waals surface area contributed by atoms with Crippen molar-refractivity contribution in [1.29, 1.82) is 0 Å². The van der Waals surface area contributed by atoms with Crippen molar-refractivity contribution >= 4 is 25.2 Å². The maximum atomic E-state index is 12.2. The summed E-state index contributed by atoms with van der Waals surface area (Å²) in [5.41, 5.74) is 5.55. The maximum Gasteiger partial charge on any atom is 0.278 e. The van der Waals surface area contributed by atoms with Crippen molar-refractivity contribution in [2.75, 3.05) is 43.0 Å². The number of hydrogen-bond acceptors (Lipinski definition) is 12. The standard InChI is InChI=1S/C15H22N7O7P/c1-20-7-22(12-9(20)13(24)19-15(16)18-12)14-11(27-2)10(23)8(29-14)5-28-30(25,26)21-4-3-17-6-21/h3-4,6,8,10-11,14,23H,5,7H2,1-2H3,(H,25,26)(H3,16,18,19,24)/p-1/t8-,10+,11?,14-/m1/s1. The molecular weight excluding hydrogens is 421 g/mol. The highest BCUT2D eigenvalue weighted by Crippen LogP contribution is 2.41. The first kappa shape index (κ1) is 20.8. The van der Waals surface area contributed by atoms with Crippen LogP contribution in [0.1, 0.15) is 0 Å². The van der Waals surface area contributed by atoms with Crippen LogP contribution in [0, 0.1) is 0 Å². The molecule has 1 saturated heterocycles. The summed E-state index contributed by atoms with van der Waals surface area (Å²) >= 11 is 0. The number of aliphatic hydroxyl groups is 1. The number of nitrogens with one attached hydrogen (secondary N) is 1. The van der Waals surface area contributed by atoms with Gasteiger partial charge in [-0.25, -0.2) is 4.98 Å². The van der Waals surface area contributed by atoms with Gasteiger partial charge < -0.3 is 39.5 Å². The molecule has 4 rings (SSSR count). The van der Waals surface area contributed by atoms with Crippen LogP contribution in [0.4, 0.5) is 17.5 Å². The van der Waals surface area contributed by atoms with Crippen LogP contribution >= 0.6 is 7.75 Å². The van der Waals surface area contributed by atoms with Gasteiger partial charge in [-0.2, -0.15) is 4.98 Å². The number of aliphatic hydroxyl groups excluding tert-OH is 1. The number of fused-ring (bicyclic) bond motifs is 1. The second kappa shape index (κ2) is 7.65. The first-order chi connectivity index (χ1) is 14.2. The van der Waals surface area contributed by atoms with Crippen LogP contribution < -0.4 is 26.0 Å². The van der Waals surface area contributed by atoms with E-state index in [-0.39, 0.29) is 18.4 Å². The van der Waals surface area contributed by atoms with Crippen molar-refractivity contribution in [3.63, 3.8) is 0 Å². The summed E-state index contributed by atoms with van der Waals surface area (Å²) in [5.74, 6) is 0.201. The van der Waals surface area contributed by atoms with Gasteiger partial charge in [0.25, 0.3) is 5.56 Å². The summed E-state index contributed by atoms with van der Waals surface area (Å²) in [6.45, 7) is -0.229. The summed E-state index contributed by atoms with van der Waals surface area (Å²) in [5, 5.41) is 10.6. The zero-order valence-corrected chi connectivity index (χ0v) is 17.0. The molecular formula is C15H21N7O7P-. The number of hydrogen-bond donors (Lipinski definition) is 3. The van der Waals surface area contributed by atoms with Gasteiger partial charge in [0.05, 0.1) is 13.3 Å². The first-order valence-corrected chi connectivity index (χ1v) is 10.4. The molecule has 5 atom stereocenters. The third-order valence-corrected chi connectivity index (χ3v) is 6.26. The molecule has 0 saturated carbocycles. The summed E-state index contributed by atoms with van der Waals surface area (Å²) in [4.78, 5) is 38.0. The van der Waals surface area contributed by atoms with Crippen molar-refractivity contribution in [2.24, 2.45) is 0 Å². The lowest BCUT2D eigenvalue weighted by molar-refractivity contribution is -0.205. The summed E-state index contributed by atoms with van der Waals surface area (Å²) in [6.07, 6.45) is -0.324. The lowest BCUT2D eigenvalue weighted by atomic mass is 10.1. The van der Waals surface area contributed by atoms with Crippen molar-refractivity contribution < 1.29 is 28.6 Å². The molecule has 0 bridgehead atoms. The van der Waals surface area contributed by atoms with Crippen LogP contribution in [0.3, 0.4) is 0 Å². The lowest BCUT2D eigenvalue weighted by Gasteiger charge is -2.29. The minimum Gasteiger partial charge on any atom is -0.761 e. The van der Waals surface area contributed by atoms with E-state index in [1.54, 1.807) is 16.8 Å². The smallest absolute Gasteiger partial charge is 0.278 e. The van der Waals surface area contributed by atoms with Gasteiger partial charge in [0.1, 0.15) is 30.3 Å². The zero-order valence-electron chi connectivity index (χ0n) is 16.1. The molecule has 2 aromatic heterocycles. The van der Waals surface area contributed by atoms with Crippen molar-refractivity contribution in [3.05, 3.63) is 29.1 Å². The first-order valence-electron chi connectivity index (χ1n) is 8.91. The third kappa shape index (κ3) is 3.47. The van der Waals surface area contributed by atoms with Crippen LogP contribution in [-0.2, 0) is 18.6 Å². The topological polar surface area (TPSA) is 184 Å². The van der Waals surface area contributed by atoms with E-state index in [0.29, 0.717) is 5.69 Å². The molecule has 14 nitrogen and oxygen atoms in total. The molecule has 0 radical (unpaired) electrons.